The van der Waals surface area contributed by atoms with Crippen molar-refractivity contribution in [3.8, 4) is 0 Å². The van der Waals surface area contributed by atoms with Crippen LogP contribution in [-0.4, -0.2) is 75.9 Å². The van der Waals surface area contributed by atoms with Gasteiger partial charge in [0.1, 0.15) is 18.3 Å². The van der Waals surface area contributed by atoms with E-state index in [1.807, 2.05) is 0 Å². The highest BCUT2D eigenvalue weighted by molar-refractivity contribution is 6.05. The molecule has 0 saturated carbocycles. The minimum Gasteiger partial charge on any atom is -0.394 e. The van der Waals surface area contributed by atoms with Crippen LogP contribution in [-0.2, 0) is 14.3 Å². The summed E-state index contributed by atoms with van der Waals surface area (Å²) in [5.41, 5.74) is 5.02. The predicted molar refractivity (Wildman–Crippen MR) is 55.6 cm³/mol. The molecule has 2 amide bonds. The Labute approximate surface area is 102 Å². The molecule has 1 unspecified atom stereocenters. The summed E-state index contributed by atoms with van der Waals surface area (Å²) in [5.74, 6) is -1.45. The van der Waals surface area contributed by atoms with Crippen molar-refractivity contribution in [1.82, 2.24) is 10.2 Å². The van der Waals surface area contributed by atoms with E-state index in [1.165, 1.54) is 0 Å². The fourth-order valence-corrected chi connectivity index (χ4v) is 2.10. The molecule has 2 aliphatic heterocycles. The molecular formula is C9H15N3O6. The van der Waals surface area contributed by atoms with Gasteiger partial charge in [0.25, 0.3) is 5.91 Å². The van der Waals surface area contributed by atoms with Gasteiger partial charge in [0.2, 0.25) is 5.91 Å². The quantitative estimate of drug-likeness (QED) is 0.323. The molecule has 2 saturated heterocycles. The molecule has 2 aliphatic rings. The summed E-state index contributed by atoms with van der Waals surface area (Å²) in [6, 6.07) is -1.16. The van der Waals surface area contributed by atoms with Crippen LogP contribution in [0.25, 0.3) is 0 Å². The molecule has 5 atom stereocenters. The number of nitrogens with two attached hydrogens (primary N) is 1. The van der Waals surface area contributed by atoms with E-state index in [-0.39, 0.29) is 6.67 Å². The third kappa shape index (κ3) is 1.95. The van der Waals surface area contributed by atoms with E-state index in [0.29, 0.717) is 0 Å². The van der Waals surface area contributed by atoms with Crippen molar-refractivity contribution in [2.24, 2.45) is 5.73 Å². The number of amides is 2. The van der Waals surface area contributed by atoms with Crippen LogP contribution >= 0.6 is 0 Å². The van der Waals surface area contributed by atoms with Crippen LogP contribution in [0.3, 0.4) is 0 Å². The van der Waals surface area contributed by atoms with E-state index in [1.54, 1.807) is 0 Å². The maximum Gasteiger partial charge on any atom is 0.252 e. The number of hydrogen-bond acceptors (Lipinski definition) is 7. The highest BCUT2D eigenvalue weighted by atomic mass is 16.6. The summed E-state index contributed by atoms with van der Waals surface area (Å²) >= 11 is 0. The Kier molecular flexibility index (Phi) is 3.50. The lowest BCUT2D eigenvalue weighted by Gasteiger charge is -2.25. The van der Waals surface area contributed by atoms with Crippen molar-refractivity contribution < 1.29 is 29.6 Å². The smallest absolute Gasteiger partial charge is 0.252 e. The van der Waals surface area contributed by atoms with Crippen molar-refractivity contribution in [2.75, 3.05) is 13.3 Å². The van der Waals surface area contributed by atoms with Crippen LogP contribution < -0.4 is 11.1 Å². The van der Waals surface area contributed by atoms with E-state index in [2.05, 4.69) is 5.32 Å². The molecule has 102 valence electrons. The Balaban J connectivity index is 2.10. The predicted octanol–water partition coefficient (Wildman–Crippen LogP) is -4.33. The molecule has 2 rings (SSSR count). The number of primary amides is 1. The van der Waals surface area contributed by atoms with Gasteiger partial charge >= 0.3 is 0 Å². The van der Waals surface area contributed by atoms with Gasteiger partial charge in [-0.15, -0.1) is 0 Å². The average molecular weight is 261 g/mol. The zero-order valence-electron chi connectivity index (χ0n) is 9.39. The van der Waals surface area contributed by atoms with Gasteiger partial charge in [-0.25, -0.2) is 0 Å². The van der Waals surface area contributed by atoms with Crippen molar-refractivity contribution in [3.05, 3.63) is 0 Å². The summed E-state index contributed by atoms with van der Waals surface area (Å²) in [6.45, 7) is -0.511. The molecule has 0 aromatic heterocycles. The van der Waals surface area contributed by atoms with E-state index in [9.17, 15) is 19.8 Å². The fraction of sp³-hybridized carbons (Fsp3) is 0.778. The third-order valence-electron chi connectivity index (χ3n) is 3.10. The van der Waals surface area contributed by atoms with Gasteiger partial charge in [0.15, 0.2) is 12.3 Å². The van der Waals surface area contributed by atoms with Gasteiger partial charge in [0, 0.05) is 0 Å². The number of hydrogen-bond donors (Lipinski definition) is 5. The number of ether oxygens (including phenoxy) is 1. The lowest BCUT2D eigenvalue weighted by molar-refractivity contribution is -0.149. The van der Waals surface area contributed by atoms with Crippen LogP contribution in [0.4, 0.5) is 0 Å². The fourth-order valence-electron chi connectivity index (χ4n) is 2.10. The zero-order valence-corrected chi connectivity index (χ0v) is 9.39. The lowest BCUT2D eigenvalue weighted by Crippen LogP contribution is -2.47. The van der Waals surface area contributed by atoms with E-state index >= 15 is 0 Å². The Morgan fingerprint density at radius 3 is 2.61 bits per heavy atom. The zero-order chi connectivity index (χ0) is 13.4. The molecule has 2 heterocycles. The number of aliphatic hydroxyl groups is 3. The van der Waals surface area contributed by atoms with Crippen LogP contribution in [0.5, 0.6) is 0 Å². The number of aliphatic hydroxyl groups excluding tert-OH is 3. The first-order valence-corrected chi connectivity index (χ1v) is 5.43. The molecule has 0 spiro atoms. The van der Waals surface area contributed by atoms with Crippen molar-refractivity contribution in [1.29, 1.82) is 0 Å². The first-order valence-electron chi connectivity index (χ1n) is 5.43. The molecule has 0 aliphatic carbocycles. The molecule has 6 N–H and O–H groups in total. The molecular weight excluding hydrogens is 246 g/mol. The molecule has 0 aromatic carbocycles. The number of carbonyl (C=O) groups excluding carboxylic acids is 2. The van der Waals surface area contributed by atoms with Gasteiger partial charge in [0.05, 0.1) is 13.3 Å². The van der Waals surface area contributed by atoms with Gasteiger partial charge in [-0.3, -0.25) is 19.8 Å². The Hall–Kier alpha value is -1.26. The maximum absolute atomic E-state index is 11.8. The van der Waals surface area contributed by atoms with Gasteiger partial charge in [-0.1, -0.05) is 0 Å². The Morgan fingerprint density at radius 2 is 2.17 bits per heavy atom. The van der Waals surface area contributed by atoms with Crippen molar-refractivity contribution in [2.45, 2.75) is 30.6 Å². The van der Waals surface area contributed by atoms with Gasteiger partial charge in [-0.2, -0.15) is 0 Å². The number of rotatable bonds is 3. The van der Waals surface area contributed by atoms with Crippen molar-refractivity contribution in [3.63, 3.8) is 0 Å². The minimum absolute atomic E-state index is 0.0287. The Morgan fingerprint density at radius 1 is 1.50 bits per heavy atom. The summed E-state index contributed by atoms with van der Waals surface area (Å²) in [6.07, 6.45) is -4.72. The summed E-state index contributed by atoms with van der Waals surface area (Å²) in [7, 11) is 0. The first kappa shape index (κ1) is 13.2. The first-order chi connectivity index (χ1) is 8.47. The topological polar surface area (TPSA) is 145 Å². The number of nitrogens with zero attached hydrogens (tertiary/aromatic N) is 1. The standard InChI is InChI=1S/C9H15N3O6/c10-7(16)4-8(17)12(2-11-4)9-6(15)5(14)3(1-13)18-9/h3-6,9,11,13-15H,1-2H2,(H2,10,16)/t3-,4?,5-,6-,9-/m1/s1. The second-order valence-electron chi connectivity index (χ2n) is 4.23. The van der Waals surface area contributed by atoms with Crippen LogP contribution in [0.1, 0.15) is 0 Å². The molecule has 9 nitrogen and oxygen atoms in total. The molecule has 0 aromatic rings. The van der Waals surface area contributed by atoms with E-state index < -0.39 is 49.0 Å². The van der Waals surface area contributed by atoms with Crippen LogP contribution in [0.2, 0.25) is 0 Å². The summed E-state index contributed by atoms with van der Waals surface area (Å²) < 4.78 is 5.18. The van der Waals surface area contributed by atoms with E-state index in [0.717, 1.165) is 4.90 Å². The summed E-state index contributed by atoms with van der Waals surface area (Å²) in [4.78, 5) is 23.8. The molecule has 2 fully saturated rings. The second-order valence-corrected chi connectivity index (χ2v) is 4.23. The molecule has 18 heavy (non-hydrogen) atoms. The van der Waals surface area contributed by atoms with Gasteiger partial charge < -0.3 is 25.8 Å². The lowest BCUT2D eigenvalue weighted by atomic mass is 10.1. The third-order valence-corrected chi connectivity index (χ3v) is 3.10. The Bertz CT molecular complexity index is 364. The largest absolute Gasteiger partial charge is 0.394 e. The van der Waals surface area contributed by atoms with Crippen LogP contribution in [0.15, 0.2) is 0 Å². The normalized spacial score (nSPS) is 40.5. The molecule has 0 bridgehead atoms. The number of carbonyl (C=O) groups is 2. The summed E-state index contributed by atoms with van der Waals surface area (Å²) in [5, 5.41) is 30.8. The second kappa shape index (κ2) is 4.78. The van der Waals surface area contributed by atoms with Crippen molar-refractivity contribution >= 4 is 11.8 Å². The average Bonchev–Trinajstić information content (AvgIpc) is 2.82. The minimum atomic E-state index is -1.35. The molecule has 0 radical (unpaired) electrons. The number of nitrogens with one attached hydrogen (secondary N) is 1. The highest BCUT2D eigenvalue weighted by Crippen LogP contribution is 2.25. The van der Waals surface area contributed by atoms with Crippen LogP contribution in [0, 0.1) is 0 Å². The highest BCUT2D eigenvalue weighted by Gasteiger charge is 2.50. The SMILES string of the molecule is NC(=O)C1NCN([C@@H]2O[C@H](CO)[C@@H](O)[C@H]2O)C1=O. The maximum atomic E-state index is 11.8. The van der Waals surface area contributed by atoms with Gasteiger partial charge in [-0.05, 0) is 0 Å². The monoisotopic (exact) mass is 261 g/mol. The van der Waals surface area contributed by atoms with E-state index in [4.69, 9.17) is 15.6 Å². The molecule has 9 heteroatoms.